The minimum atomic E-state index is -0.269. The summed E-state index contributed by atoms with van der Waals surface area (Å²) in [7, 11) is 1.78. The second-order valence-corrected chi connectivity index (χ2v) is 3.24. The molecule has 1 aromatic heterocycles. The van der Waals surface area contributed by atoms with Crippen molar-refractivity contribution >= 4 is 12.6 Å². The van der Waals surface area contributed by atoms with Crippen molar-refractivity contribution < 1.29 is 4.39 Å². The summed E-state index contributed by atoms with van der Waals surface area (Å²) in [6.07, 6.45) is 0. The van der Waals surface area contributed by atoms with Crippen LogP contribution in [0.15, 0.2) is 29.4 Å². The Morgan fingerprint density at radius 1 is 1.21 bits per heavy atom. The van der Waals surface area contributed by atoms with Gasteiger partial charge in [-0.15, -0.1) is 5.10 Å². The van der Waals surface area contributed by atoms with E-state index in [1.807, 2.05) is 0 Å². The lowest BCUT2D eigenvalue weighted by Crippen LogP contribution is -1.94. The van der Waals surface area contributed by atoms with Gasteiger partial charge >= 0.3 is 0 Å². The number of hydrogen-bond donors (Lipinski definition) is 0. The molecule has 3 nitrogen and oxygen atoms in total. The molecule has 0 fully saturated rings. The van der Waals surface area contributed by atoms with Crippen LogP contribution in [0.5, 0.6) is 0 Å². The lowest BCUT2D eigenvalue weighted by molar-refractivity contribution is 0.628. The Kier molecular flexibility index (Phi) is 2.17. The molecule has 0 unspecified atom stereocenters. The summed E-state index contributed by atoms with van der Waals surface area (Å²) >= 11 is 4.92. The SMILES string of the molecule is Cn1c([S-])nnc1-c1ccc(F)cc1. The van der Waals surface area contributed by atoms with Crippen molar-refractivity contribution in [1.82, 2.24) is 14.8 Å². The molecular formula is C9H7FN3S-. The van der Waals surface area contributed by atoms with Crippen LogP contribution in [0.25, 0.3) is 11.4 Å². The van der Waals surface area contributed by atoms with Crippen LogP contribution in [0.2, 0.25) is 0 Å². The molecule has 14 heavy (non-hydrogen) atoms. The van der Waals surface area contributed by atoms with Crippen LogP contribution >= 0.6 is 0 Å². The number of benzene rings is 1. The third kappa shape index (κ3) is 1.46. The molecule has 0 amide bonds. The normalized spacial score (nSPS) is 10.4. The zero-order chi connectivity index (χ0) is 10.1. The van der Waals surface area contributed by atoms with Crippen molar-refractivity contribution in [2.45, 2.75) is 5.16 Å². The molecule has 0 N–H and O–H groups in total. The second kappa shape index (κ2) is 3.34. The molecule has 0 aliphatic carbocycles. The maximum atomic E-state index is 12.6. The molecular weight excluding hydrogens is 201 g/mol. The first-order chi connectivity index (χ1) is 6.68. The summed E-state index contributed by atoms with van der Waals surface area (Å²) in [5.74, 6) is 0.379. The van der Waals surface area contributed by atoms with E-state index in [2.05, 4.69) is 10.2 Å². The molecule has 0 saturated carbocycles. The van der Waals surface area contributed by atoms with Gasteiger partial charge in [-0.05, 0) is 24.3 Å². The van der Waals surface area contributed by atoms with Gasteiger partial charge < -0.3 is 17.2 Å². The zero-order valence-electron chi connectivity index (χ0n) is 7.44. The van der Waals surface area contributed by atoms with Crippen LogP contribution < -0.4 is 0 Å². The highest BCUT2D eigenvalue weighted by molar-refractivity contribution is 7.58. The molecule has 0 aliphatic rings. The smallest absolute Gasteiger partial charge is 0.162 e. The van der Waals surface area contributed by atoms with Crippen LogP contribution in [-0.2, 0) is 19.7 Å². The first-order valence-electron chi connectivity index (χ1n) is 4.01. The van der Waals surface area contributed by atoms with Crippen molar-refractivity contribution in [2.24, 2.45) is 7.05 Å². The number of aromatic nitrogens is 3. The van der Waals surface area contributed by atoms with E-state index < -0.39 is 0 Å². The molecule has 5 heteroatoms. The van der Waals surface area contributed by atoms with Gasteiger partial charge in [0.05, 0.1) is 0 Å². The number of hydrogen-bond acceptors (Lipinski definition) is 3. The van der Waals surface area contributed by atoms with Gasteiger partial charge in [0.25, 0.3) is 0 Å². The van der Waals surface area contributed by atoms with E-state index in [-0.39, 0.29) is 5.82 Å². The molecule has 0 spiro atoms. The van der Waals surface area contributed by atoms with E-state index in [1.54, 1.807) is 23.7 Å². The highest BCUT2D eigenvalue weighted by Crippen LogP contribution is 2.17. The summed E-state index contributed by atoms with van der Waals surface area (Å²) < 4.78 is 14.3. The minimum Gasteiger partial charge on any atom is -0.740 e. The summed E-state index contributed by atoms with van der Waals surface area (Å²) in [6, 6.07) is 6.06. The third-order valence-corrected chi connectivity index (χ3v) is 2.29. The van der Waals surface area contributed by atoms with Crippen molar-refractivity contribution in [1.29, 1.82) is 0 Å². The van der Waals surface area contributed by atoms with Gasteiger partial charge in [-0.2, -0.15) is 5.10 Å². The Morgan fingerprint density at radius 2 is 1.86 bits per heavy atom. The Labute approximate surface area is 86.0 Å². The van der Waals surface area contributed by atoms with Crippen LogP contribution in [0.3, 0.4) is 0 Å². The standard InChI is InChI=1S/C9H8FN3S/c1-13-8(11-12-9(13)14)6-2-4-7(10)5-3-6/h2-5H,1H3,(H,12,14)/p-1. The van der Waals surface area contributed by atoms with E-state index in [4.69, 9.17) is 12.6 Å². The van der Waals surface area contributed by atoms with Crippen LogP contribution in [0.1, 0.15) is 0 Å². The summed E-state index contributed by atoms with van der Waals surface area (Å²) in [4.78, 5) is 0. The number of nitrogens with zero attached hydrogens (tertiary/aromatic N) is 3. The number of halogens is 1. The van der Waals surface area contributed by atoms with E-state index in [1.165, 1.54) is 12.1 Å². The Hall–Kier alpha value is -1.49. The van der Waals surface area contributed by atoms with E-state index in [0.717, 1.165) is 5.56 Å². The second-order valence-electron chi connectivity index (χ2n) is 2.87. The Morgan fingerprint density at radius 3 is 2.36 bits per heavy atom. The minimum absolute atomic E-state index is 0.269. The molecule has 72 valence electrons. The van der Waals surface area contributed by atoms with Crippen LogP contribution in [-0.4, -0.2) is 14.8 Å². The Balaban J connectivity index is 2.49. The lowest BCUT2D eigenvalue weighted by atomic mass is 10.2. The molecule has 1 aromatic carbocycles. The van der Waals surface area contributed by atoms with E-state index in [9.17, 15) is 4.39 Å². The molecule has 0 atom stereocenters. The van der Waals surface area contributed by atoms with E-state index in [0.29, 0.717) is 11.0 Å². The van der Waals surface area contributed by atoms with Crippen molar-refractivity contribution in [2.75, 3.05) is 0 Å². The summed E-state index contributed by atoms with van der Waals surface area (Å²) in [5, 5.41) is 8.07. The fraction of sp³-hybridized carbons (Fsp3) is 0.111. The lowest BCUT2D eigenvalue weighted by Gasteiger charge is -2.05. The van der Waals surface area contributed by atoms with Crippen LogP contribution in [0, 0.1) is 5.82 Å². The van der Waals surface area contributed by atoms with Crippen LogP contribution in [0.4, 0.5) is 4.39 Å². The summed E-state index contributed by atoms with van der Waals surface area (Å²) in [5.41, 5.74) is 0.803. The maximum Gasteiger partial charge on any atom is 0.162 e. The maximum absolute atomic E-state index is 12.6. The largest absolute Gasteiger partial charge is 0.740 e. The molecule has 2 aromatic rings. The first kappa shape index (κ1) is 9.08. The topological polar surface area (TPSA) is 30.7 Å². The fourth-order valence-electron chi connectivity index (χ4n) is 1.17. The van der Waals surface area contributed by atoms with Gasteiger partial charge in [0, 0.05) is 17.8 Å². The predicted molar refractivity (Wildman–Crippen MR) is 52.0 cm³/mol. The molecule has 0 bridgehead atoms. The molecule has 0 saturated heterocycles. The van der Waals surface area contributed by atoms with E-state index >= 15 is 0 Å². The van der Waals surface area contributed by atoms with Gasteiger partial charge in [-0.25, -0.2) is 4.39 Å². The van der Waals surface area contributed by atoms with Gasteiger partial charge in [0.15, 0.2) is 5.82 Å². The Bertz CT molecular complexity index is 450. The fourth-order valence-corrected chi connectivity index (χ4v) is 1.29. The highest BCUT2D eigenvalue weighted by Gasteiger charge is 2.04. The van der Waals surface area contributed by atoms with Gasteiger partial charge in [-0.1, -0.05) is 0 Å². The molecule has 1 heterocycles. The summed E-state index contributed by atoms with van der Waals surface area (Å²) in [6.45, 7) is 0. The van der Waals surface area contributed by atoms with Crippen molar-refractivity contribution in [3.05, 3.63) is 30.1 Å². The van der Waals surface area contributed by atoms with Gasteiger partial charge in [0.1, 0.15) is 5.82 Å². The average molecular weight is 208 g/mol. The average Bonchev–Trinajstić information content (AvgIpc) is 2.50. The monoisotopic (exact) mass is 208 g/mol. The first-order valence-corrected chi connectivity index (χ1v) is 4.41. The zero-order valence-corrected chi connectivity index (χ0v) is 8.25. The predicted octanol–water partition coefficient (Wildman–Crippen LogP) is 1.53. The van der Waals surface area contributed by atoms with Crippen molar-refractivity contribution in [3.8, 4) is 11.4 Å². The van der Waals surface area contributed by atoms with Crippen molar-refractivity contribution in [3.63, 3.8) is 0 Å². The molecule has 0 radical (unpaired) electrons. The van der Waals surface area contributed by atoms with Gasteiger partial charge in [-0.3, -0.25) is 0 Å². The van der Waals surface area contributed by atoms with Gasteiger partial charge in [0.2, 0.25) is 0 Å². The number of rotatable bonds is 1. The quantitative estimate of drug-likeness (QED) is 0.666. The molecule has 0 aliphatic heterocycles. The molecule has 2 rings (SSSR count). The highest BCUT2D eigenvalue weighted by atomic mass is 32.1. The third-order valence-electron chi connectivity index (χ3n) is 1.94.